The fourth-order valence-electron chi connectivity index (χ4n) is 3.51. The number of hydrogen-bond acceptors (Lipinski definition) is 5. The number of aryl methyl sites for hydroxylation is 2. The van der Waals surface area contributed by atoms with Crippen LogP contribution in [-0.2, 0) is 10.0 Å². The number of H-pyrrole nitrogens is 1. The van der Waals surface area contributed by atoms with Gasteiger partial charge in [-0.3, -0.25) is 14.9 Å². The molecule has 0 aliphatic carbocycles. The van der Waals surface area contributed by atoms with Crippen molar-refractivity contribution in [1.29, 1.82) is 0 Å². The summed E-state index contributed by atoms with van der Waals surface area (Å²) in [7, 11) is -3.41. The Morgan fingerprint density at radius 2 is 1.74 bits per heavy atom. The summed E-state index contributed by atoms with van der Waals surface area (Å²) >= 11 is 0. The SMILES string of the molecule is Cc1n[nH]c(C)c1S(=O)(=O)N1CC(N2CCN(C(C)C)CC2)C1. The second kappa shape index (κ2) is 6.16. The van der Waals surface area contributed by atoms with E-state index in [2.05, 4.69) is 33.8 Å². The van der Waals surface area contributed by atoms with Crippen LogP contribution >= 0.6 is 0 Å². The highest BCUT2D eigenvalue weighted by atomic mass is 32.2. The predicted molar refractivity (Wildman–Crippen MR) is 88.9 cm³/mol. The van der Waals surface area contributed by atoms with E-state index in [1.165, 1.54) is 0 Å². The number of sulfonamides is 1. The van der Waals surface area contributed by atoms with Crippen LogP contribution in [0.4, 0.5) is 0 Å². The van der Waals surface area contributed by atoms with Crippen LogP contribution in [0.15, 0.2) is 4.90 Å². The molecule has 0 bridgehead atoms. The van der Waals surface area contributed by atoms with Crippen molar-refractivity contribution < 1.29 is 8.42 Å². The van der Waals surface area contributed by atoms with E-state index in [1.807, 2.05) is 0 Å². The summed E-state index contributed by atoms with van der Waals surface area (Å²) in [6.07, 6.45) is 0. The number of nitrogens with one attached hydrogen (secondary N) is 1. The standard InChI is InChI=1S/C15H27N5O2S/c1-11(2)18-5-7-19(8-6-18)14-9-20(10-14)23(21,22)15-12(3)16-17-13(15)4/h11,14H,5-10H2,1-4H3,(H,16,17). The van der Waals surface area contributed by atoms with Crippen LogP contribution < -0.4 is 0 Å². The molecule has 0 radical (unpaired) electrons. The fourth-order valence-corrected chi connectivity index (χ4v) is 5.36. The molecule has 2 aliphatic heterocycles. The number of aromatic nitrogens is 2. The zero-order valence-corrected chi connectivity index (χ0v) is 15.2. The van der Waals surface area contributed by atoms with Crippen LogP contribution in [0, 0.1) is 13.8 Å². The van der Waals surface area contributed by atoms with Gasteiger partial charge in [0, 0.05) is 51.4 Å². The molecule has 0 amide bonds. The summed E-state index contributed by atoms with van der Waals surface area (Å²) in [5.74, 6) is 0. The summed E-state index contributed by atoms with van der Waals surface area (Å²) < 4.78 is 27.0. The number of piperazine rings is 1. The highest BCUT2D eigenvalue weighted by molar-refractivity contribution is 7.89. The van der Waals surface area contributed by atoms with E-state index in [-0.39, 0.29) is 0 Å². The van der Waals surface area contributed by atoms with E-state index in [0.717, 1.165) is 26.2 Å². The molecule has 0 spiro atoms. The Kier molecular flexibility index (Phi) is 4.52. The van der Waals surface area contributed by atoms with Gasteiger partial charge in [0.15, 0.2) is 0 Å². The van der Waals surface area contributed by atoms with E-state index in [9.17, 15) is 8.42 Å². The first-order valence-electron chi connectivity index (χ1n) is 8.30. The van der Waals surface area contributed by atoms with Crippen molar-refractivity contribution in [1.82, 2.24) is 24.3 Å². The lowest BCUT2D eigenvalue weighted by Gasteiger charge is -2.47. The lowest BCUT2D eigenvalue weighted by Crippen LogP contribution is -2.64. The van der Waals surface area contributed by atoms with Crippen molar-refractivity contribution in [3.63, 3.8) is 0 Å². The third-order valence-electron chi connectivity index (χ3n) is 5.08. The van der Waals surface area contributed by atoms with Crippen LogP contribution in [0.5, 0.6) is 0 Å². The maximum atomic E-state index is 12.7. The molecule has 2 aliphatic rings. The molecule has 1 aromatic rings. The molecule has 23 heavy (non-hydrogen) atoms. The third kappa shape index (κ3) is 3.05. The topological polar surface area (TPSA) is 72.5 Å². The van der Waals surface area contributed by atoms with Gasteiger partial charge in [0.25, 0.3) is 0 Å². The molecule has 1 N–H and O–H groups in total. The van der Waals surface area contributed by atoms with Crippen molar-refractivity contribution in [3.05, 3.63) is 11.4 Å². The monoisotopic (exact) mass is 341 g/mol. The van der Waals surface area contributed by atoms with Gasteiger partial charge >= 0.3 is 0 Å². The second-order valence-corrected chi connectivity index (χ2v) is 8.78. The molecule has 7 nitrogen and oxygen atoms in total. The van der Waals surface area contributed by atoms with E-state index in [0.29, 0.717) is 41.5 Å². The molecule has 1 aromatic heterocycles. The van der Waals surface area contributed by atoms with Crippen LogP contribution in [0.2, 0.25) is 0 Å². The number of aromatic amines is 1. The van der Waals surface area contributed by atoms with Crippen molar-refractivity contribution in [2.45, 2.75) is 44.7 Å². The Bertz CT molecular complexity index is 636. The smallest absolute Gasteiger partial charge is 0.246 e. The van der Waals surface area contributed by atoms with Gasteiger partial charge in [-0.2, -0.15) is 9.40 Å². The van der Waals surface area contributed by atoms with E-state index < -0.39 is 10.0 Å². The Hall–Kier alpha value is -0.960. The summed E-state index contributed by atoms with van der Waals surface area (Å²) in [5.41, 5.74) is 1.17. The zero-order chi connectivity index (χ0) is 16.8. The van der Waals surface area contributed by atoms with Crippen molar-refractivity contribution in [3.8, 4) is 0 Å². The van der Waals surface area contributed by atoms with E-state index in [4.69, 9.17) is 0 Å². The first kappa shape index (κ1) is 16.9. The number of nitrogens with zero attached hydrogens (tertiary/aromatic N) is 4. The minimum atomic E-state index is -3.41. The van der Waals surface area contributed by atoms with Gasteiger partial charge < -0.3 is 0 Å². The molecule has 0 aromatic carbocycles. The number of rotatable bonds is 4. The summed E-state index contributed by atoms with van der Waals surface area (Å²) in [6, 6.07) is 0.939. The van der Waals surface area contributed by atoms with E-state index in [1.54, 1.807) is 18.2 Å². The quantitative estimate of drug-likeness (QED) is 0.860. The predicted octanol–water partition coefficient (Wildman–Crippen LogP) is 0.425. The third-order valence-corrected chi connectivity index (χ3v) is 7.18. The fraction of sp³-hybridized carbons (Fsp3) is 0.800. The number of hydrogen-bond donors (Lipinski definition) is 1. The maximum absolute atomic E-state index is 12.7. The minimum Gasteiger partial charge on any atom is -0.298 e. The first-order chi connectivity index (χ1) is 10.8. The van der Waals surface area contributed by atoms with Gasteiger partial charge in [0.1, 0.15) is 4.90 Å². The van der Waals surface area contributed by atoms with Gasteiger partial charge in [-0.1, -0.05) is 0 Å². The van der Waals surface area contributed by atoms with Crippen molar-refractivity contribution in [2.24, 2.45) is 0 Å². The Labute approximate surface area is 138 Å². The molecule has 2 fully saturated rings. The zero-order valence-electron chi connectivity index (χ0n) is 14.4. The van der Waals surface area contributed by atoms with Gasteiger partial charge in [0.05, 0.1) is 11.4 Å². The van der Waals surface area contributed by atoms with Crippen LogP contribution in [-0.4, -0.2) is 84.1 Å². The van der Waals surface area contributed by atoms with Crippen molar-refractivity contribution >= 4 is 10.0 Å². The molecule has 2 saturated heterocycles. The highest BCUT2D eigenvalue weighted by Gasteiger charge is 2.42. The highest BCUT2D eigenvalue weighted by Crippen LogP contribution is 2.28. The van der Waals surface area contributed by atoms with Gasteiger partial charge in [-0.05, 0) is 27.7 Å². The lowest BCUT2D eigenvalue weighted by molar-refractivity contribution is 0.0316. The summed E-state index contributed by atoms with van der Waals surface area (Å²) in [6.45, 7) is 13.3. The largest absolute Gasteiger partial charge is 0.298 e. The second-order valence-electron chi connectivity index (χ2n) is 6.90. The molecule has 3 rings (SSSR count). The molecule has 0 unspecified atom stereocenters. The normalized spacial score (nSPS) is 22.7. The molecule has 0 saturated carbocycles. The molecular weight excluding hydrogens is 314 g/mol. The first-order valence-corrected chi connectivity index (χ1v) is 9.74. The molecular formula is C15H27N5O2S. The maximum Gasteiger partial charge on any atom is 0.246 e. The average Bonchev–Trinajstić information content (AvgIpc) is 2.77. The van der Waals surface area contributed by atoms with Crippen LogP contribution in [0.3, 0.4) is 0 Å². The Morgan fingerprint density at radius 1 is 1.13 bits per heavy atom. The van der Waals surface area contributed by atoms with Crippen LogP contribution in [0.25, 0.3) is 0 Å². The Balaban J connectivity index is 1.59. The minimum absolute atomic E-state index is 0.348. The van der Waals surface area contributed by atoms with Gasteiger partial charge in [0.2, 0.25) is 10.0 Å². The lowest BCUT2D eigenvalue weighted by atomic mass is 10.1. The summed E-state index contributed by atoms with van der Waals surface area (Å²) in [5, 5.41) is 6.77. The van der Waals surface area contributed by atoms with Crippen molar-refractivity contribution in [2.75, 3.05) is 39.3 Å². The van der Waals surface area contributed by atoms with Gasteiger partial charge in [-0.25, -0.2) is 8.42 Å². The Morgan fingerprint density at radius 3 is 2.22 bits per heavy atom. The molecule has 8 heteroatoms. The van der Waals surface area contributed by atoms with Crippen LogP contribution in [0.1, 0.15) is 25.2 Å². The molecule has 0 atom stereocenters. The average molecular weight is 341 g/mol. The summed E-state index contributed by atoms with van der Waals surface area (Å²) in [4.78, 5) is 5.25. The molecule has 130 valence electrons. The molecule has 3 heterocycles. The van der Waals surface area contributed by atoms with Gasteiger partial charge in [-0.15, -0.1) is 0 Å². The van der Waals surface area contributed by atoms with E-state index >= 15 is 0 Å².